The molecular weight excluding hydrogens is 254 g/mol. The van der Waals surface area contributed by atoms with Crippen LogP contribution >= 0.6 is 11.6 Å². The lowest BCUT2D eigenvalue weighted by Gasteiger charge is -2.27. The minimum Gasteiger partial charge on any atom is -0.405 e. The van der Waals surface area contributed by atoms with E-state index in [2.05, 4.69) is 10.2 Å². The van der Waals surface area contributed by atoms with Crippen LogP contribution in [0.2, 0.25) is 5.02 Å². The Bertz CT molecular complexity index is 641. The Labute approximate surface area is 109 Å². The van der Waals surface area contributed by atoms with Gasteiger partial charge in [-0.1, -0.05) is 11.6 Å². The van der Waals surface area contributed by atoms with E-state index in [4.69, 9.17) is 16.0 Å². The molecule has 2 heterocycles. The monoisotopic (exact) mass is 268 g/mol. The van der Waals surface area contributed by atoms with Gasteiger partial charge in [-0.15, -0.1) is 0 Å². The summed E-state index contributed by atoms with van der Waals surface area (Å²) in [7, 11) is 1.69. The lowest BCUT2D eigenvalue weighted by atomic mass is 10.2. The Hall–Kier alpha value is -1.46. The molecule has 0 spiro atoms. The molecule has 1 aliphatic rings. The van der Waals surface area contributed by atoms with Crippen LogP contribution in [-0.4, -0.2) is 30.7 Å². The molecule has 1 aromatic heterocycles. The fourth-order valence-corrected chi connectivity index (χ4v) is 2.61. The van der Waals surface area contributed by atoms with Gasteiger partial charge >= 0.3 is 5.76 Å². The van der Waals surface area contributed by atoms with E-state index < -0.39 is 0 Å². The van der Waals surface area contributed by atoms with Crippen molar-refractivity contribution in [3.63, 3.8) is 0 Å². The average Bonchev–Trinajstić information content (AvgIpc) is 2.66. The number of rotatable bonds is 1. The topological polar surface area (TPSA) is 55.0 Å². The highest BCUT2D eigenvalue weighted by Crippen LogP contribution is 2.30. The van der Waals surface area contributed by atoms with Crippen LogP contribution < -0.4 is 16.0 Å². The van der Waals surface area contributed by atoms with Crippen molar-refractivity contribution < 1.29 is 9.73 Å². The molecule has 0 amide bonds. The highest BCUT2D eigenvalue weighted by molar-refractivity contribution is 6.31. The highest BCUT2D eigenvalue weighted by atomic mass is 35.5. The maximum absolute atomic E-state index is 11.6. The van der Waals surface area contributed by atoms with Crippen molar-refractivity contribution in [3.05, 3.63) is 27.7 Å². The summed E-state index contributed by atoms with van der Waals surface area (Å²) in [6, 6.07) is 3.64. The van der Waals surface area contributed by atoms with E-state index in [0.717, 1.165) is 37.4 Å². The van der Waals surface area contributed by atoms with Gasteiger partial charge in [-0.3, -0.25) is 4.57 Å². The first-order valence-corrected chi connectivity index (χ1v) is 6.40. The number of nitrogens with two attached hydrogens (primary N) is 1. The van der Waals surface area contributed by atoms with Gasteiger partial charge in [0.15, 0.2) is 5.58 Å². The van der Waals surface area contributed by atoms with E-state index in [9.17, 15) is 4.79 Å². The number of benzene rings is 1. The van der Waals surface area contributed by atoms with Crippen molar-refractivity contribution in [1.82, 2.24) is 4.57 Å². The Morgan fingerprint density at radius 1 is 1.33 bits per heavy atom. The molecule has 0 unspecified atom stereocenters. The molecule has 1 fully saturated rings. The van der Waals surface area contributed by atoms with E-state index in [-0.39, 0.29) is 5.76 Å². The number of quaternary nitrogens is 1. The number of aromatic nitrogens is 1. The Kier molecular flexibility index (Phi) is 2.80. The van der Waals surface area contributed by atoms with E-state index in [1.165, 1.54) is 4.57 Å². The lowest BCUT2D eigenvalue weighted by molar-refractivity contribution is -0.655. The number of hydrogen-bond acceptors (Lipinski definition) is 3. The van der Waals surface area contributed by atoms with E-state index in [1.807, 2.05) is 6.07 Å². The van der Waals surface area contributed by atoms with Crippen LogP contribution in [0.5, 0.6) is 0 Å². The average molecular weight is 269 g/mol. The second-order valence-corrected chi connectivity index (χ2v) is 4.99. The van der Waals surface area contributed by atoms with Gasteiger partial charge in [-0.25, -0.2) is 4.79 Å². The molecule has 0 radical (unpaired) electrons. The molecule has 1 saturated heterocycles. The first kappa shape index (κ1) is 11.6. The van der Waals surface area contributed by atoms with Crippen molar-refractivity contribution in [3.8, 4) is 0 Å². The normalized spacial score (nSPS) is 16.4. The van der Waals surface area contributed by atoms with Crippen LogP contribution in [0.3, 0.4) is 0 Å². The molecule has 0 saturated carbocycles. The summed E-state index contributed by atoms with van der Waals surface area (Å²) in [4.78, 5) is 13.8. The Morgan fingerprint density at radius 3 is 2.78 bits per heavy atom. The molecule has 1 aromatic carbocycles. The van der Waals surface area contributed by atoms with Crippen LogP contribution in [0, 0.1) is 0 Å². The number of oxazole rings is 1. The van der Waals surface area contributed by atoms with Crippen molar-refractivity contribution in [2.45, 2.75) is 0 Å². The summed E-state index contributed by atoms with van der Waals surface area (Å²) in [6.07, 6.45) is 0. The van der Waals surface area contributed by atoms with Gasteiger partial charge in [-0.2, -0.15) is 0 Å². The summed E-state index contributed by atoms with van der Waals surface area (Å²) in [5, 5.41) is 2.91. The van der Waals surface area contributed by atoms with Gasteiger partial charge < -0.3 is 14.6 Å². The van der Waals surface area contributed by atoms with Crippen molar-refractivity contribution in [2.75, 3.05) is 31.1 Å². The molecule has 3 rings (SSSR count). The number of fused-ring (bicyclic) bond motifs is 1. The molecule has 2 N–H and O–H groups in total. The third-order valence-electron chi connectivity index (χ3n) is 3.39. The number of nitrogens with zero attached hydrogens (tertiary/aromatic N) is 2. The van der Waals surface area contributed by atoms with E-state index in [0.29, 0.717) is 10.6 Å². The second kappa shape index (κ2) is 4.33. The molecule has 1 aliphatic heterocycles. The highest BCUT2D eigenvalue weighted by Gasteiger charge is 2.19. The predicted molar refractivity (Wildman–Crippen MR) is 70.3 cm³/mol. The number of anilines is 1. The standard InChI is InChI=1S/C12H14ClN3O2/c1-15-9-6-8(13)7-10(11(9)18-12(15)17)16-4-2-14-3-5-16/h6-7,14H,2-5H2,1H3/p+1. The fourth-order valence-electron chi connectivity index (χ4n) is 2.40. The lowest BCUT2D eigenvalue weighted by Crippen LogP contribution is -2.89. The van der Waals surface area contributed by atoms with Crippen molar-refractivity contribution >= 4 is 28.4 Å². The minimum atomic E-state index is -0.350. The number of hydrogen-bond donors (Lipinski definition) is 1. The van der Waals surface area contributed by atoms with Gasteiger partial charge in [0.05, 0.1) is 37.4 Å². The van der Waals surface area contributed by atoms with Crippen LogP contribution in [0.1, 0.15) is 0 Å². The zero-order valence-corrected chi connectivity index (χ0v) is 10.9. The summed E-state index contributed by atoms with van der Waals surface area (Å²) in [5.74, 6) is -0.350. The van der Waals surface area contributed by atoms with Crippen LogP contribution in [0.15, 0.2) is 21.3 Å². The Morgan fingerprint density at radius 2 is 2.06 bits per heavy atom. The van der Waals surface area contributed by atoms with Gasteiger partial charge in [0, 0.05) is 12.1 Å². The number of halogens is 1. The summed E-state index contributed by atoms with van der Waals surface area (Å²) in [6.45, 7) is 3.97. The van der Waals surface area contributed by atoms with Crippen LogP contribution in [-0.2, 0) is 7.05 Å². The third-order valence-corrected chi connectivity index (χ3v) is 3.60. The van der Waals surface area contributed by atoms with Gasteiger partial charge in [0.1, 0.15) is 0 Å². The summed E-state index contributed by atoms with van der Waals surface area (Å²) < 4.78 is 6.82. The molecular formula is C12H15ClN3O2+. The smallest absolute Gasteiger partial charge is 0.405 e. The zero-order chi connectivity index (χ0) is 12.7. The molecule has 0 bridgehead atoms. The number of piperazine rings is 1. The molecule has 2 aromatic rings. The zero-order valence-electron chi connectivity index (χ0n) is 10.1. The summed E-state index contributed by atoms with van der Waals surface area (Å²) >= 11 is 6.13. The molecule has 6 heteroatoms. The predicted octanol–water partition coefficient (Wildman–Crippen LogP) is 0.168. The van der Waals surface area contributed by atoms with Crippen LogP contribution in [0.4, 0.5) is 5.69 Å². The van der Waals surface area contributed by atoms with Crippen molar-refractivity contribution in [2.24, 2.45) is 7.05 Å². The number of aryl methyl sites for hydroxylation is 1. The maximum atomic E-state index is 11.6. The van der Waals surface area contributed by atoms with E-state index >= 15 is 0 Å². The Balaban J connectivity index is 2.21. The molecule has 96 valence electrons. The molecule has 0 aliphatic carbocycles. The van der Waals surface area contributed by atoms with Crippen LogP contribution in [0.25, 0.3) is 11.1 Å². The fraction of sp³-hybridized carbons (Fsp3) is 0.417. The SMILES string of the molecule is Cn1c(=O)oc2c(N3CC[NH2+]CC3)cc(Cl)cc21. The van der Waals surface area contributed by atoms with Gasteiger partial charge in [0.2, 0.25) is 0 Å². The molecule has 5 nitrogen and oxygen atoms in total. The minimum absolute atomic E-state index is 0.350. The summed E-state index contributed by atoms with van der Waals surface area (Å²) in [5.41, 5.74) is 2.30. The molecule has 18 heavy (non-hydrogen) atoms. The first-order valence-electron chi connectivity index (χ1n) is 6.02. The van der Waals surface area contributed by atoms with Gasteiger partial charge in [0.25, 0.3) is 0 Å². The van der Waals surface area contributed by atoms with Gasteiger partial charge in [-0.05, 0) is 12.1 Å². The molecule has 0 atom stereocenters. The third kappa shape index (κ3) is 1.79. The second-order valence-electron chi connectivity index (χ2n) is 4.55. The quantitative estimate of drug-likeness (QED) is 0.802. The largest absolute Gasteiger partial charge is 0.419 e. The maximum Gasteiger partial charge on any atom is 0.419 e. The van der Waals surface area contributed by atoms with E-state index in [1.54, 1.807) is 13.1 Å². The first-order chi connectivity index (χ1) is 8.66. The van der Waals surface area contributed by atoms with Crippen molar-refractivity contribution in [1.29, 1.82) is 0 Å².